The molecule has 1 heterocycles. The Kier molecular flexibility index (Phi) is 5.26. The van der Waals surface area contributed by atoms with E-state index in [9.17, 15) is 5.11 Å². The number of aliphatic hydroxyl groups is 1. The van der Waals surface area contributed by atoms with Gasteiger partial charge in [-0.15, -0.1) is 0 Å². The summed E-state index contributed by atoms with van der Waals surface area (Å²) in [6.07, 6.45) is -0.467. The molecule has 1 unspecified atom stereocenters. The van der Waals surface area contributed by atoms with Crippen molar-refractivity contribution >= 4 is 23.4 Å². The predicted octanol–water partition coefficient (Wildman–Crippen LogP) is 4.17. The average molecular weight is 337 g/mol. The summed E-state index contributed by atoms with van der Waals surface area (Å²) in [5, 5.41) is 10.9. The molecule has 0 saturated heterocycles. The van der Waals surface area contributed by atoms with Crippen molar-refractivity contribution in [2.24, 2.45) is 0 Å². The van der Waals surface area contributed by atoms with Crippen molar-refractivity contribution in [1.82, 2.24) is 0 Å². The molecule has 5 heteroatoms. The van der Waals surface area contributed by atoms with E-state index in [4.69, 9.17) is 21.1 Å². The monoisotopic (exact) mass is 336 g/mol. The van der Waals surface area contributed by atoms with Crippen LogP contribution in [0.2, 0.25) is 5.02 Å². The minimum atomic E-state index is -0.467. The zero-order valence-electron chi connectivity index (χ0n) is 12.0. The molecule has 0 aromatic heterocycles. The van der Waals surface area contributed by atoms with Crippen LogP contribution in [0.5, 0.6) is 5.75 Å². The van der Waals surface area contributed by atoms with Crippen molar-refractivity contribution in [1.29, 1.82) is 0 Å². The molecule has 116 valence electrons. The maximum absolute atomic E-state index is 10.2. The highest BCUT2D eigenvalue weighted by Gasteiger charge is 2.17. The van der Waals surface area contributed by atoms with Gasteiger partial charge in [0.1, 0.15) is 5.75 Å². The Bertz CT molecular complexity index is 633. The summed E-state index contributed by atoms with van der Waals surface area (Å²) in [6.45, 7) is 0.805. The normalized spacial score (nSPS) is 15.0. The second-order valence-corrected chi connectivity index (χ2v) is 6.57. The fourth-order valence-electron chi connectivity index (χ4n) is 2.42. The van der Waals surface area contributed by atoms with Crippen LogP contribution < -0.4 is 4.74 Å². The van der Waals surface area contributed by atoms with Crippen LogP contribution in [0.1, 0.15) is 22.8 Å². The first-order chi connectivity index (χ1) is 10.7. The highest BCUT2D eigenvalue weighted by Crippen LogP contribution is 2.34. The van der Waals surface area contributed by atoms with Gasteiger partial charge in [0.2, 0.25) is 0 Å². The maximum atomic E-state index is 10.2. The second-order valence-electron chi connectivity index (χ2n) is 5.11. The van der Waals surface area contributed by atoms with E-state index < -0.39 is 6.10 Å². The van der Waals surface area contributed by atoms with E-state index in [0.717, 1.165) is 28.2 Å². The van der Waals surface area contributed by atoms with Gasteiger partial charge < -0.3 is 14.6 Å². The second kappa shape index (κ2) is 7.38. The number of benzene rings is 2. The number of fused-ring (bicyclic) bond motifs is 1. The summed E-state index contributed by atoms with van der Waals surface area (Å²) in [6, 6.07) is 13.5. The number of halogens is 1. The van der Waals surface area contributed by atoms with E-state index in [-0.39, 0.29) is 6.79 Å². The van der Waals surface area contributed by atoms with Crippen molar-refractivity contribution in [3.63, 3.8) is 0 Å². The van der Waals surface area contributed by atoms with Gasteiger partial charge in [-0.05, 0) is 17.7 Å². The van der Waals surface area contributed by atoms with Crippen molar-refractivity contribution in [3.8, 4) is 5.75 Å². The van der Waals surface area contributed by atoms with E-state index in [1.165, 1.54) is 0 Å². The Morgan fingerprint density at radius 3 is 2.86 bits per heavy atom. The first-order valence-electron chi connectivity index (χ1n) is 7.06. The number of ether oxygens (including phenoxy) is 2. The lowest BCUT2D eigenvalue weighted by Crippen LogP contribution is -2.13. The van der Waals surface area contributed by atoms with Crippen molar-refractivity contribution in [3.05, 3.63) is 64.2 Å². The Hall–Kier alpha value is -1.20. The standard InChI is InChI=1S/C17H17ClO3S/c18-15-6-13-8-20-11-21-17(13)14(7-15)9-22-10-16(19)12-4-2-1-3-5-12/h1-7,16,19H,8-11H2. The molecular weight excluding hydrogens is 320 g/mol. The molecule has 1 N–H and O–H groups in total. The third kappa shape index (κ3) is 3.76. The van der Waals surface area contributed by atoms with Crippen LogP contribution in [0.3, 0.4) is 0 Å². The van der Waals surface area contributed by atoms with E-state index in [2.05, 4.69) is 0 Å². The van der Waals surface area contributed by atoms with Crippen LogP contribution in [0, 0.1) is 0 Å². The van der Waals surface area contributed by atoms with Gasteiger partial charge in [0.25, 0.3) is 0 Å². The molecule has 1 aliphatic rings. The molecule has 2 aromatic rings. The van der Waals surface area contributed by atoms with Gasteiger partial charge in [-0.25, -0.2) is 0 Å². The Morgan fingerprint density at radius 2 is 2.05 bits per heavy atom. The average Bonchev–Trinajstić information content (AvgIpc) is 2.55. The molecule has 3 nitrogen and oxygen atoms in total. The highest BCUT2D eigenvalue weighted by atomic mass is 35.5. The summed E-state index contributed by atoms with van der Waals surface area (Å²) < 4.78 is 10.9. The zero-order valence-corrected chi connectivity index (χ0v) is 13.6. The number of hydrogen-bond donors (Lipinski definition) is 1. The molecule has 0 aliphatic carbocycles. The van der Waals surface area contributed by atoms with Crippen LogP contribution in [-0.2, 0) is 17.1 Å². The van der Waals surface area contributed by atoms with E-state index in [0.29, 0.717) is 17.4 Å². The topological polar surface area (TPSA) is 38.7 Å². The van der Waals surface area contributed by atoms with Gasteiger partial charge in [0.05, 0.1) is 12.7 Å². The minimum Gasteiger partial charge on any atom is -0.467 e. The smallest absolute Gasteiger partial charge is 0.189 e. The Labute approximate surface area is 139 Å². The van der Waals surface area contributed by atoms with E-state index in [1.54, 1.807) is 11.8 Å². The number of aliphatic hydroxyl groups excluding tert-OH is 1. The van der Waals surface area contributed by atoms with Gasteiger partial charge in [0, 0.05) is 27.7 Å². The molecule has 22 heavy (non-hydrogen) atoms. The third-order valence-electron chi connectivity index (χ3n) is 3.47. The summed E-state index contributed by atoms with van der Waals surface area (Å²) >= 11 is 7.81. The first kappa shape index (κ1) is 15.7. The van der Waals surface area contributed by atoms with E-state index in [1.807, 2.05) is 42.5 Å². The molecule has 1 aliphatic heterocycles. The summed E-state index contributed by atoms with van der Waals surface area (Å²) in [4.78, 5) is 0. The van der Waals surface area contributed by atoms with Gasteiger partial charge in [0.15, 0.2) is 6.79 Å². The molecule has 3 rings (SSSR count). The molecule has 0 saturated carbocycles. The number of hydrogen-bond acceptors (Lipinski definition) is 4. The van der Waals surface area contributed by atoms with Crippen molar-refractivity contribution in [2.45, 2.75) is 18.5 Å². The SMILES string of the molecule is OC(CSCc1cc(Cl)cc2c1OCOC2)c1ccccc1. The lowest BCUT2D eigenvalue weighted by molar-refractivity contribution is -0.0168. The molecule has 2 aromatic carbocycles. The Morgan fingerprint density at radius 1 is 1.23 bits per heavy atom. The van der Waals surface area contributed by atoms with Crippen LogP contribution in [0.4, 0.5) is 0 Å². The third-order valence-corrected chi connectivity index (χ3v) is 4.75. The lowest BCUT2D eigenvalue weighted by atomic mass is 10.1. The molecule has 0 bridgehead atoms. The lowest BCUT2D eigenvalue weighted by Gasteiger charge is -2.21. The zero-order chi connectivity index (χ0) is 15.4. The largest absolute Gasteiger partial charge is 0.467 e. The summed E-state index contributed by atoms with van der Waals surface area (Å²) in [5.41, 5.74) is 2.97. The molecule has 0 fully saturated rings. The fourth-order valence-corrected chi connectivity index (χ4v) is 3.65. The molecule has 0 radical (unpaired) electrons. The summed E-state index contributed by atoms with van der Waals surface area (Å²) in [5.74, 6) is 2.24. The van der Waals surface area contributed by atoms with Crippen LogP contribution in [-0.4, -0.2) is 17.7 Å². The van der Waals surface area contributed by atoms with Gasteiger partial charge in [-0.1, -0.05) is 41.9 Å². The quantitative estimate of drug-likeness (QED) is 0.889. The first-order valence-corrected chi connectivity index (χ1v) is 8.60. The van der Waals surface area contributed by atoms with Crippen molar-refractivity contribution < 1.29 is 14.6 Å². The maximum Gasteiger partial charge on any atom is 0.189 e. The molecular formula is C17H17ClO3S. The fraction of sp³-hybridized carbons (Fsp3) is 0.294. The molecule has 0 amide bonds. The summed E-state index contributed by atoms with van der Waals surface area (Å²) in [7, 11) is 0. The Balaban J connectivity index is 1.63. The van der Waals surface area contributed by atoms with Crippen LogP contribution in [0.15, 0.2) is 42.5 Å². The van der Waals surface area contributed by atoms with Crippen molar-refractivity contribution in [2.75, 3.05) is 12.5 Å². The molecule has 1 atom stereocenters. The number of thioether (sulfide) groups is 1. The van der Waals surface area contributed by atoms with Crippen LogP contribution >= 0.6 is 23.4 Å². The predicted molar refractivity (Wildman–Crippen MR) is 89.3 cm³/mol. The number of rotatable bonds is 5. The van der Waals surface area contributed by atoms with Gasteiger partial charge >= 0.3 is 0 Å². The molecule has 0 spiro atoms. The highest BCUT2D eigenvalue weighted by molar-refractivity contribution is 7.98. The van der Waals surface area contributed by atoms with E-state index >= 15 is 0 Å². The van der Waals surface area contributed by atoms with Gasteiger partial charge in [-0.3, -0.25) is 0 Å². The minimum absolute atomic E-state index is 0.277. The van der Waals surface area contributed by atoms with Crippen LogP contribution in [0.25, 0.3) is 0 Å². The van der Waals surface area contributed by atoms with Gasteiger partial charge in [-0.2, -0.15) is 11.8 Å².